The van der Waals surface area contributed by atoms with E-state index in [1.54, 1.807) is 17.0 Å². The van der Waals surface area contributed by atoms with E-state index in [4.69, 9.17) is 10.00 Å². The van der Waals surface area contributed by atoms with Gasteiger partial charge in [0.1, 0.15) is 0 Å². The second-order valence-corrected chi connectivity index (χ2v) is 9.80. The van der Waals surface area contributed by atoms with Crippen molar-refractivity contribution in [1.29, 1.82) is 5.26 Å². The van der Waals surface area contributed by atoms with Crippen molar-refractivity contribution in [3.63, 3.8) is 0 Å². The zero-order valence-corrected chi connectivity index (χ0v) is 17.7. The highest BCUT2D eigenvalue weighted by Crippen LogP contribution is 2.24. The minimum atomic E-state index is -3.53. The van der Waals surface area contributed by atoms with Crippen LogP contribution in [-0.2, 0) is 14.8 Å². The Morgan fingerprint density at radius 3 is 2.38 bits per heavy atom. The zero-order valence-electron chi connectivity index (χ0n) is 16.9. The van der Waals surface area contributed by atoms with Gasteiger partial charge >= 0.3 is 0 Å². The first-order chi connectivity index (χ1) is 13.9. The molecule has 7 nitrogen and oxygen atoms in total. The van der Waals surface area contributed by atoms with Crippen molar-refractivity contribution in [3.05, 3.63) is 29.8 Å². The number of carbonyl (C=O) groups is 1. The fraction of sp³-hybridized carbons (Fsp3) is 0.619. The molecule has 158 valence electrons. The molecule has 2 aliphatic rings. The first kappa shape index (κ1) is 21.8. The van der Waals surface area contributed by atoms with Gasteiger partial charge in [-0.25, -0.2) is 8.42 Å². The SMILES string of the molecule is CC1CCN(S(=O)(=O)c2ccc(C(=O)N(CCC#N)C3CCOCC3)cc2)CC1. The Morgan fingerprint density at radius 2 is 1.79 bits per heavy atom. The van der Waals surface area contributed by atoms with E-state index in [0.29, 0.717) is 44.3 Å². The van der Waals surface area contributed by atoms with Gasteiger partial charge in [-0.05, 0) is 55.9 Å². The van der Waals surface area contributed by atoms with E-state index in [0.717, 1.165) is 25.7 Å². The molecule has 0 bridgehead atoms. The van der Waals surface area contributed by atoms with Crippen molar-refractivity contribution >= 4 is 15.9 Å². The van der Waals surface area contributed by atoms with Crippen molar-refractivity contribution in [3.8, 4) is 6.07 Å². The molecule has 0 unspecified atom stereocenters. The van der Waals surface area contributed by atoms with Crippen LogP contribution in [0.15, 0.2) is 29.2 Å². The van der Waals surface area contributed by atoms with E-state index in [1.807, 2.05) is 0 Å². The van der Waals surface area contributed by atoms with Crippen LogP contribution in [0.2, 0.25) is 0 Å². The van der Waals surface area contributed by atoms with E-state index in [9.17, 15) is 13.2 Å². The monoisotopic (exact) mass is 419 g/mol. The lowest BCUT2D eigenvalue weighted by Gasteiger charge is -2.34. The van der Waals surface area contributed by atoms with Crippen molar-refractivity contribution in [1.82, 2.24) is 9.21 Å². The fourth-order valence-corrected chi connectivity index (χ4v) is 5.40. The molecule has 0 aliphatic carbocycles. The van der Waals surface area contributed by atoms with Gasteiger partial charge in [-0.15, -0.1) is 0 Å². The van der Waals surface area contributed by atoms with Gasteiger partial charge in [-0.2, -0.15) is 9.57 Å². The van der Waals surface area contributed by atoms with Gasteiger partial charge in [-0.1, -0.05) is 6.92 Å². The molecule has 1 amide bonds. The van der Waals surface area contributed by atoms with Crippen LogP contribution in [-0.4, -0.2) is 62.4 Å². The standard InChI is InChI=1S/C21H29N3O4S/c1-17-7-13-23(14-8-17)29(26,27)20-5-3-18(4-6-20)21(25)24(12-2-11-22)19-9-15-28-16-10-19/h3-6,17,19H,2,7-10,12-16H2,1H3. The molecule has 8 heteroatoms. The summed E-state index contributed by atoms with van der Waals surface area (Å²) in [6.45, 7) is 4.79. The molecule has 0 radical (unpaired) electrons. The summed E-state index contributed by atoms with van der Waals surface area (Å²) in [5, 5.41) is 8.95. The summed E-state index contributed by atoms with van der Waals surface area (Å²) in [7, 11) is -3.53. The average Bonchev–Trinajstić information content (AvgIpc) is 2.75. The van der Waals surface area contributed by atoms with Gasteiger partial charge in [0, 0.05) is 44.5 Å². The maximum Gasteiger partial charge on any atom is 0.254 e. The lowest BCUT2D eigenvalue weighted by atomic mass is 10.0. The molecular weight excluding hydrogens is 390 g/mol. The van der Waals surface area contributed by atoms with Crippen LogP contribution in [0.25, 0.3) is 0 Å². The normalized spacial score (nSPS) is 19.6. The van der Waals surface area contributed by atoms with Gasteiger partial charge in [-0.3, -0.25) is 4.79 Å². The smallest absolute Gasteiger partial charge is 0.254 e. The minimum Gasteiger partial charge on any atom is -0.381 e. The van der Waals surface area contributed by atoms with Crippen molar-refractivity contribution in [2.45, 2.75) is 50.0 Å². The number of sulfonamides is 1. The molecule has 0 atom stereocenters. The molecule has 2 heterocycles. The summed E-state index contributed by atoms with van der Waals surface area (Å²) in [4.78, 5) is 15.0. The van der Waals surface area contributed by atoms with Crippen LogP contribution in [0.3, 0.4) is 0 Å². The van der Waals surface area contributed by atoms with Gasteiger partial charge in [0.05, 0.1) is 17.4 Å². The van der Waals surface area contributed by atoms with Crippen molar-refractivity contribution in [2.75, 3.05) is 32.8 Å². The molecule has 0 saturated carbocycles. The molecular formula is C21H29N3O4S. The number of ether oxygens (including phenoxy) is 1. The zero-order chi connectivity index (χ0) is 20.9. The Hall–Kier alpha value is -1.95. The predicted molar refractivity (Wildman–Crippen MR) is 109 cm³/mol. The highest BCUT2D eigenvalue weighted by molar-refractivity contribution is 7.89. The van der Waals surface area contributed by atoms with Crippen LogP contribution in [0.5, 0.6) is 0 Å². The highest BCUT2D eigenvalue weighted by atomic mass is 32.2. The fourth-order valence-electron chi connectivity index (χ4n) is 3.93. The maximum absolute atomic E-state index is 13.1. The first-order valence-corrected chi connectivity index (χ1v) is 11.7. The summed E-state index contributed by atoms with van der Waals surface area (Å²) in [6, 6.07) is 8.36. The summed E-state index contributed by atoms with van der Waals surface area (Å²) < 4.78 is 32.7. The van der Waals surface area contributed by atoms with Crippen molar-refractivity contribution in [2.24, 2.45) is 5.92 Å². The Morgan fingerprint density at radius 1 is 1.17 bits per heavy atom. The molecule has 0 spiro atoms. The Bertz CT molecular complexity index is 834. The van der Waals surface area contributed by atoms with E-state index >= 15 is 0 Å². The lowest BCUT2D eigenvalue weighted by molar-refractivity contribution is 0.0296. The Balaban J connectivity index is 1.75. The van der Waals surface area contributed by atoms with Crippen LogP contribution < -0.4 is 0 Å². The van der Waals surface area contributed by atoms with Gasteiger partial charge in [0.2, 0.25) is 10.0 Å². The van der Waals surface area contributed by atoms with Crippen LogP contribution in [0.1, 0.15) is 49.4 Å². The third kappa shape index (κ3) is 5.16. The number of piperidine rings is 1. The highest BCUT2D eigenvalue weighted by Gasteiger charge is 2.29. The third-order valence-corrected chi connectivity index (χ3v) is 7.75. The summed E-state index contributed by atoms with van der Waals surface area (Å²) in [5.41, 5.74) is 0.445. The number of carbonyl (C=O) groups excluding carboxylic acids is 1. The second-order valence-electron chi connectivity index (χ2n) is 7.86. The van der Waals surface area contributed by atoms with Crippen molar-refractivity contribution < 1.29 is 17.9 Å². The summed E-state index contributed by atoms with van der Waals surface area (Å²) in [5.74, 6) is 0.383. The molecule has 1 aromatic rings. The molecule has 2 saturated heterocycles. The minimum absolute atomic E-state index is 0.0448. The largest absolute Gasteiger partial charge is 0.381 e. The molecule has 2 fully saturated rings. The quantitative estimate of drug-likeness (QED) is 0.707. The van der Waals surface area contributed by atoms with Gasteiger partial charge in [0.25, 0.3) is 5.91 Å². The van der Waals surface area contributed by atoms with Crippen LogP contribution in [0, 0.1) is 17.2 Å². The lowest BCUT2D eigenvalue weighted by Crippen LogP contribution is -2.44. The van der Waals surface area contributed by atoms with Gasteiger partial charge in [0.15, 0.2) is 0 Å². The second kappa shape index (κ2) is 9.70. The molecule has 2 aliphatic heterocycles. The molecule has 1 aromatic carbocycles. The van der Waals surface area contributed by atoms with Crippen LogP contribution >= 0.6 is 0 Å². The maximum atomic E-state index is 13.1. The van der Waals surface area contributed by atoms with Gasteiger partial charge < -0.3 is 9.64 Å². The molecule has 3 rings (SSSR count). The molecule has 29 heavy (non-hydrogen) atoms. The predicted octanol–water partition coefficient (Wildman–Crippen LogP) is 2.64. The van der Waals surface area contributed by atoms with E-state index in [1.165, 1.54) is 16.4 Å². The van der Waals surface area contributed by atoms with E-state index < -0.39 is 10.0 Å². The summed E-state index contributed by atoms with van der Waals surface area (Å²) in [6.07, 6.45) is 3.50. The third-order valence-electron chi connectivity index (χ3n) is 5.84. The van der Waals surface area contributed by atoms with E-state index in [-0.39, 0.29) is 23.3 Å². The van der Waals surface area contributed by atoms with E-state index in [2.05, 4.69) is 13.0 Å². The average molecular weight is 420 g/mol. The summed E-state index contributed by atoms with van der Waals surface area (Å²) >= 11 is 0. The number of nitriles is 1. The number of benzene rings is 1. The number of nitrogens with zero attached hydrogens (tertiary/aromatic N) is 3. The number of amides is 1. The number of rotatable bonds is 6. The first-order valence-electron chi connectivity index (χ1n) is 10.3. The number of hydrogen-bond acceptors (Lipinski definition) is 5. The topological polar surface area (TPSA) is 90.7 Å². The van der Waals surface area contributed by atoms with Crippen LogP contribution in [0.4, 0.5) is 0 Å². The molecule has 0 aromatic heterocycles. The molecule has 0 N–H and O–H groups in total. The Labute approximate surface area is 173 Å². The number of hydrogen-bond donors (Lipinski definition) is 0. The Kier molecular flexibility index (Phi) is 7.28.